The Morgan fingerprint density at radius 2 is 1.87 bits per heavy atom. The predicted molar refractivity (Wildman–Crippen MR) is 96.9 cm³/mol. The number of benzene rings is 1. The Balaban J connectivity index is 1.66. The third-order valence-electron chi connectivity index (χ3n) is 5.35. The molecule has 1 aromatic carbocycles. The Kier molecular flexibility index (Phi) is 5.34. The van der Waals surface area contributed by atoms with Gasteiger partial charge < -0.3 is 14.5 Å². The molecule has 0 N–H and O–H groups in total. The number of piperazine rings is 1. The van der Waals surface area contributed by atoms with Gasteiger partial charge in [0.15, 0.2) is 0 Å². The fraction of sp³-hybridized carbons (Fsp3) is 0.667. The zero-order chi connectivity index (χ0) is 16.4. The van der Waals surface area contributed by atoms with Gasteiger partial charge >= 0.3 is 0 Å². The summed E-state index contributed by atoms with van der Waals surface area (Å²) in [7, 11) is 3.94. The van der Waals surface area contributed by atoms with Crippen molar-refractivity contribution in [1.82, 2.24) is 9.80 Å². The highest BCUT2D eigenvalue weighted by molar-refractivity contribution is 6.30. The molecule has 3 rings (SSSR count). The van der Waals surface area contributed by atoms with Crippen molar-refractivity contribution in [1.29, 1.82) is 0 Å². The zero-order valence-corrected chi connectivity index (χ0v) is 15.2. The van der Waals surface area contributed by atoms with Crippen molar-refractivity contribution in [3.05, 3.63) is 23.2 Å². The highest BCUT2D eigenvalue weighted by Gasteiger charge is 2.32. The van der Waals surface area contributed by atoms with Crippen molar-refractivity contribution >= 4 is 17.3 Å². The highest BCUT2D eigenvalue weighted by Crippen LogP contribution is 2.34. The second-order valence-electron chi connectivity index (χ2n) is 6.93. The number of hydrogen-bond donors (Lipinski definition) is 0. The van der Waals surface area contributed by atoms with Crippen molar-refractivity contribution in [2.45, 2.75) is 19.4 Å². The number of halogens is 1. The van der Waals surface area contributed by atoms with Crippen LogP contribution >= 0.6 is 11.6 Å². The lowest BCUT2D eigenvalue weighted by Gasteiger charge is -2.46. The standard InChI is InChI=1S/C18H28ClN3O/c1-14-13-22(17-5-4-15(19)12-18(17)23-3)7-6-16(14)21-10-8-20(2)9-11-21/h4-5,12,14,16H,6-11,13H2,1-3H3. The summed E-state index contributed by atoms with van der Waals surface area (Å²) >= 11 is 6.09. The maximum atomic E-state index is 6.09. The molecule has 1 aromatic rings. The van der Waals surface area contributed by atoms with E-state index in [9.17, 15) is 0 Å². The van der Waals surface area contributed by atoms with Crippen LogP contribution in [0.5, 0.6) is 5.75 Å². The first-order valence-electron chi connectivity index (χ1n) is 8.59. The van der Waals surface area contributed by atoms with Gasteiger partial charge in [0.05, 0.1) is 12.8 Å². The van der Waals surface area contributed by atoms with E-state index in [0.717, 1.165) is 23.9 Å². The number of hydrogen-bond acceptors (Lipinski definition) is 4. The van der Waals surface area contributed by atoms with Crippen molar-refractivity contribution in [3.63, 3.8) is 0 Å². The lowest BCUT2D eigenvalue weighted by molar-refractivity contribution is 0.0737. The maximum Gasteiger partial charge on any atom is 0.143 e. The molecule has 2 saturated heterocycles. The van der Waals surface area contributed by atoms with Gasteiger partial charge in [0.2, 0.25) is 0 Å². The summed E-state index contributed by atoms with van der Waals surface area (Å²) in [5.41, 5.74) is 1.17. The molecule has 2 atom stereocenters. The second kappa shape index (κ2) is 7.29. The van der Waals surface area contributed by atoms with Crippen LogP contribution in [0.25, 0.3) is 0 Å². The van der Waals surface area contributed by atoms with E-state index in [-0.39, 0.29) is 0 Å². The molecule has 5 heteroatoms. The molecule has 2 aliphatic rings. The molecular formula is C18H28ClN3O. The molecule has 128 valence electrons. The number of likely N-dealkylation sites (N-methyl/N-ethyl adjacent to an activating group) is 1. The molecule has 0 radical (unpaired) electrons. The molecule has 0 aliphatic carbocycles. The van der Waals surface area contributed by atoms with E-state index in [0.29, 0.717) is 12.0 Å². The largest absolute Gasteiger partial charge is 0.495 e. The Labute approximate surface area is 144 Å². The van der Waals surface area contributed by atoms with Crippen LogP contribution in [0.3, 0.4) is 0 Å². The van der Waals surface area contributed by atoms with Crippen LogP contribution in [0.1, 0.15) is 13.3 Å². The van der Waals surface area contributed by atoms with Crippen LogP contribution in [0.15, 0.2) is 18.2 Å². The minimum absolute atomic E-state index is 0.660. The van der Waals surface area contributed by atoms with Crippen molar-refractivity contribution in [2.24, 2.45) is 5.92 Å². The van der Waals surface area contributed by atoms with Gasteiger partial charge in [-0.2, -0.15) is 0 Å². The van der Waals surface area contributed by atoms with Crippen LogP contribution in [-0.4, -0.2) is 69.3 Å². The Morgan fingerprint density at radius 1 is 1.13 bits per heavy atom. The summed E-state index contributed by atoms with van der Waals surface area (Å²) in [5, 5.41) is 0.728. The third-order valence-corrected chi connectivity index (χ3v) is 5.58. The first-order valence-corrected chi connectivity index (χ1v) is 8.97. The van der Waals surface area contributed by atoms with Crippen molar-refractivity contribution in [2.75, 3.05) is 58.3 Å². The van der Waals surface area contributed by atoms with E-state index in [4.69, 9.17) is 16.3 Å². The molecule has 2 fully saturated rings. The first-order chi connectivity index (χ1) is 11.1. The fourth-order valence-corrected chi connectivity index (χ4v) is 4.12. The quantitative estimate of drug-likeness (QED) is 0.844. The molecule has 0 amide bonds. The summed E-state index contributed by atoms with van der Waals surface area (Å²) in [6, 6.07) is 6.66. The summed E-state index contributed by atoms with van der Waals surface area (Å²) in [6.07, 6.45) is 1.22. The van der Waals surface area contributed by atoms with E-state index < -0.39 is 0 Å². The van der Waals surface area contributed by atoms with E-state index in [2.05, 4.69) is 34.7 Å². The number of anilines is 1. The van der Waals surface area contributed by atoms with Gasteiger partial charge in [-0.25, -0.2) is 0 Å². The van der Waals surface area contributed by atoms with Gasteiger partial charge in [-0.05, 0) is 31.5 Å². The van der Waals surface area contributed by atoms with Gasteiger partial charge in [-0.15, -0.1) is 0 Å². The second-order valence-corrected chi connectivity index (χ2v) is 7.37. The third kappa shape index (κ3) is 3.76. The monoisotopic (exact) mass is 337 g/mol. The summed E-state index contributed by atoms with van der Waals surface area (Å²) < 4.78 is 5.53. The summed E-state index contributed by atoms with van der Waals surface area (Å²) in [4.78, 5) is 7.57. The minimum Gasteiger partial charge on any atom is -0.495 e. The average molecular weight is 338 g/mol. The topological polar surface area (TPSA) is 19.0 Å². The number of methoxy groups -OCH3 is 1. The van der Waals surface area contributed by atoms with Gasteiger partial charge in [-0.1, -0.05) is 18.5 Å². The normalized spacial score (nSPS) is 27.2. The van der Waals surface area contributed by atoms with E-state index in [1.165, 1.54) is 38.3 Å². The molecule has 4 nitrogen and oxygen atoms in total. The fourth-order valence-electron chi connectivity index (χ4n) is 3.96. The molecule has 2 aliphatic heterocycles. The van der Waals surface area contributed by atoms with Crippen LogP contribution in [-0.2, 0) is 0 Å². The molecule has 0 bridgehead atoms. The SMILES string of the molecule is COc1cc(Cl)ccc1N1CCC(N2CCN(C)CC2)C(C)C1. The molecule has 0 aromatic heterocycles. The van der Waals surface area contributed by atoms with E-state index >= 15 is 0 Å². The zero-order valence-electron chi connectivity index (χ0n) is 14.5. The van der Waals surface area contributed by atoms with Crippen molar-refractivity contribution < 1.29 is 4.74 Å². The molecule has 2 unspecified atom stereocenters. The number of ether oxygens (including phenoxy) is 1. The number of rotatable bonds is 3. The Morgan fingerprint density at radius 3 is 2.52 bits per heavy atom. The van der Waals surface area contributed by atoms with E-state index in [1.54, 1.807) is 7.11 Å². The van der Waals surface area contributed by atoms with Gasteiger partial charge in [0.1, 0.15) is 5.75 Å². The summed E-state index contributed by atoms with van der Waals surface area (Å²) in [6.45, 7) is 9.34. The van der Waals surface area contributed by atoms with Gasteiger partial charge in [0, 0.05) is 56.4 Å². The first kappa shape index (κ1) is 16.9. The van der Waals surface area contributed by atoms with Crippen LogP contribution in [0.4, 0.5) is 5.69 Å². The number of piperidine rings is 1. The molecule has 0 spiro atoms. The van der Waals surface area contributed by atoms with Gasteiger partial charge in [0.25, 0.3) is 0 Å². The van der Waals surface area contributed by atoms with E-state index in [1.807, 2.05) is 12.1 Å². The average Bonchev–Trinajstić information content (AvgIpc) is 2.55. The Bertz CT molecular complexity index is 531. The van der Waals surface area contributed by atoms with Crippen LogP contribution in [0.2, 0.25) is 5.02 Å². The lowest BCUT2D eigenvalue weighted by Crippen LogP contribution is -2.55. The lowest BCUT2D eigenvalue weighted by atomic mass is 9.91. The Hall–Kier alpha value is -0.970. The van der Waals surface area contributed by atoms with Gasteiger partial charge in [-0.3, -0.25) is 4.90 Å². The maximum absolute atomic E-state index is 6.09. The highest BCUT2D eigenvalue weighted by atomic mass is 35.5. The smallest absolute Gasteiger partial charge is 0.143 e. The minimum atomic E-state index is 0.660. The summed E-state index contributed by atoms with van der Waals surface area (Å²) in [5.74, 6) is 1.54. The predicted octanol–water partition coefficient (Wildman–Crippen LogP) is 2.81. The molecular weight excluding hydrogens is 310 g/mol. The number of nitrogens with zero attached hydrogens (tertiary/aromatic N) is 3. The van der Waals surface area contributed by atoms with Crippen LogP contribution in [0, 0.1) is 5.92 Å². The molecule has 0 saturated carbocycles. The van der Waals surface area contributed by atoms with Crippen molar-refractivity contribution in [3.8, 4) is 5.75 Å². The molecule has 23 heavy (non-hydrogen) atoms. The van der Waals surface area contributed by atoms with Crippen LogP contribution < -0.4 is 9.64 Å². The molecule has 2 heterocycles.